The molecule has 25 heavy (non-hydrogen) atoms. The van der Waals surface area contributed by atoms with Crippen molar-refractivity contribution in [1.29, 1.82) is 0 Å². The van der Waals surface area contributed by atoms with Crippen molar-refractivity contribution in [1.82, 2.24) is 39.6 Å². The largest absolute Gasteiger partial charge is 0.382 e. The summed E-state index contributed by atoms with van der Waals surface area (Å²) < 4.78 is 1.92. The third-order valence-electron chi connectivity index (χ3n) is 3.83. The summed E-state index contributed by atoms with van der Waals surface area (Å²) in [7, 11) is 1.73. The average molecular weight is 344 g/mol. The molecule has 3 aromatic heterocycles. The topological polar surface area (TPSA) is 158 Å². The van der Waals surface area contributed by atoms with Gasteiger partial charge >= 0.3 is 0 Å². The van der Waals surface area contributed by atoms with Crippen molar-refractivity contribution in [3.05, 3.63) is 18.5 Å². The number of rotatable bonds is 7. The Morgan fingerprint density at radius 2 is 2.12 bits per heavy atom. The molecule has 0 spiro atoms. The van der Waals surface area contributed by atoms with E-state index in [1.807, 2.05) is 4.57 Å². The molecule has 3 rings (SSSR count). The van der Waals surface area contributed by atoms with Crippen molar-refractivity contribution in [2.24, 2.45) is 0 Å². The van der Waals surface area contributed by atoms with Crippen LogP contribution < -0.4 is 11.5 Å². The molecular formula is C14H20N10O. The Morgan fingerprint density at radius 3 is 2.88 bits per heavy atom. The minimum atomic E-state index is 0.0389. The van der Waals surface area contributed by atoms with Crippen LogP contribution in [-0.2, 0) is 17.9 Å². The van der Waals surface area contributed by atoms with E-state index in [1.165, 1.54) is 6.33 Å². The zero-order valence-electron chi connectivity index (χ0n) is 13.9. The lowest BCUT2D eigenvalue weighted by atomic mass is 10.2. The van der Waals surface area contributed by atoms with E-state index in [9.17, 15) is 4.79 Å². The van der Waals surface area contributed by atoms with E-state index >= 15 is 0 Å². The lowest BCUT2D eigenvalue weighted by molar-refractivity contribution is -0.130. The number of aromatic nitrogens is 7. The number of hydrogen-bond acceptors (Lipinski definition) is 8. The molecule has 0 saturated carbocycles. The number of hydrogen-bond donors (Lipinski definition) is 3. The first-order chi connectivity index (χ1) is 12.0. The zero-order valence-corrected chi connectivity index (χ0v) is 13.9. The normalized spacial score (nSPS) is 11.1. The number of carbonyl (C=O) groups excluding carboxylic acids is 1. The number of amides is 1. The second kappa shape index (κ2) is 7.11. The fourth-order valence-corrected chi connectivity index (χ4v) is 2.51. The van der Waals surface area contributed by atoms with Crippen LogP contribution in [-0.4, -0.2) is 52.6 Å². The van der Waals surface area contributed by atoms with Gasteiger partial charge in [0.05, 0.1) is 12.9 Å². The van der Waals surface area contributed by atoms with Crippen molar-refractivity contribution in [2.75, 3.05) is 18.5 Å². The molecule has 3 heterocycles. The van der Waals surface area contributed by atoms with Gasteiger partial charge in [0.15, 0.2) is 11.5 Å². The molecule has 3 aromatic rings. The molecule has 5 N–H and O–H groups in total. The molecule has 0 aromatic carbocycles. The van der Waals surface area contributed by atoms with Crippen molar-refractivity contribution in [3.63, 3.8) is 0 Å². The zero-order chi connectivity index (χ0) is 17.8. The standard InChI is InChI=1S/C14H20N10O/c1-23(6-9-20-14(16)22-21-9)10(25)4-2-3-5-24-8-19-11-12(15)17-7-18-13(11)24/h7-8H,2-6H2,1H3,(H2,15,17,18)(H3,16,20,21,22). The van der Waals surface area contributed by atoms with Crippen LogP contribution in [0.1, 0.15) is 25.1 Å². The van der Waals surface area contributed by atoms with Gasteiger partial charge in [0, 0.05) is 20.0 Å². The van der Waals surface area contributed by atoms with Gasteiger partial charge in [0.2, 0.25) is 11.9 Å². The van der Waals surface area contributed by atoms with Crippen molar-refractivity contribution in [3.8, 4) is 0 Å². The third-order valence-corrected chi connectivity index (χ3v) is 3.83. The highest BCUT2D eigenvalue weighted by Crippen LogP contribution is 2.15. The predicted octanol–water partition coefficient (Wildman–Crippen LogP) is -0.0623. The van der Waals surface area contributed by atoms with E-state index in [0.717, 1.165) is 12.8 Å². The van der Waals surface area contributed by atoms with Gasteiger partial charge in [0.1, 0.15) is 17.7 Å². The third kappa shape index (κ3) is 3.82. The number of nitrogens with zero attached hydrogens (tertiary/aromatic N) is 7. The quantitative estimate of drug-likeness (QED) is 0.503. The van der Waals surface area contributed by atoms with E-state index in [1.54, 1.807) is 18.3 Å². The number of nitrogens with one attached hydrogen (secondary N) is 1. The van der Waals surface area contributed by atoms with Gasteiger partial charge in [0.25, 0.3) is 0 Å². The summed E-state index contributed by atoms with van der Waals surface area (Å²) in [6.07, 6.45) is 5.14. The van der Waals surface area contributed by atoms with E-state index in [4.69, 9.17) is 11.5 Å². The van der Waals surface area contributed by atoms with Gasteiger partial charge in [-0.05, 0) is 12.8 Å². The lowest BCUT2D eigenvalue weighted by Gasteiger charge is -2.15. The first-order valence-electron chi connectivity index (χ1n) is 7.86. The van der Waals surface area contributed by atoms with Gasteiger partial charge < -0.3 is 20.9 Å². The Bertz CT molecular complexity index is 870. The maximum absolute atomic E-state index is 12.1. The summed E-state index contributed by atoms with van der Waals surface area (Å²) in [5.74, 6) is 1.15. The first-order valence-corrected chi connectivity index (χ1v) is 7.86. The molecule has 0 atom stereocenters. The van der Waals surface area contributed by atoms with Crippen LogP contribution >= 0.6 is 0 Å². The van der Waals surface area contributed by atoms with Crippen LogP contribution in [0.3, 0.4) is 0 Å². The summed E-state index contributed by atoms with van der Waals surface area (Å²) >= 11 is 0. The molecule has 0 aliphatic heterocycles. The van der Waals surface area contributed by atoms with Gasteiger partial charge in [-0.1, -0.05) is 0 Å². The van der Waals surface area contributed by atoms with E-state index < -0.39 is 0 Å². The van der Waals surface area contributed by atoms with Crippen LogP contribution in [0, 0.1) is 0 Å². The Kier molecular flexibility index (Phi) is 4.73. The number of nitrogens with two attached hydrogens (primary N) is 2. The fourth-order valence-electron chi connectivity index (χ4n) is 2.51. The predicted molar refractivity (Wildman–Crippen MR) is 90.9 cm³/mol. The van der Waals surface area contributed by atoms with Gasteiger partial charge in [-0.3, -0.25) is 9.89 Å². The molecule has 11 heteroatoms. The molecular weight excluding hydrogens is 324 g/mol. The molecule has 1 amide bonds. The second-order valence-corrected chi connectivity index (χ2v) is 5.72. The number of nitrogen functional groups attached to an aromatic ring is 2. The molecule has 11 nitrogen and oxygen atoms in total. The summed E-state index contributed by atoms with van der Waals surface area (Å²) in [6.45, 7) is 1.06. The Hall–Kier alpha value is -3.24. The maximum Gasteiger partial charge on any atom is 0.239 e. The minimum absolute atomic E-state index is 0.0389. The number of imidazole rings is 1. The van der Waals surface area contributed by atoms with E-state index in [0.29, 0.717) is 42.3 Å². The first kappa shape index (κ1) is 16.6. The summed E-state index contributed by atoms with van der Waals surface area (Å²) in [4.78, 5) is 30.1. The molecule has 0 saturated heterocycles. The molecule has 0 radical (unpaired) electrons. The second-order valence-electron chi connectivity index (χ2n) is 5.72. The Morgan fingerprint density at radius 1 is 1.28 bits per heavy atom. The molecule has 0 fully saturated rings. The summed E-state index contributed by atoms with van der Waals surface area (Å²) in [5.41, 5.74) is 12.5. The number of carbonyl (C=O) groups is 1. The highest BCUT2D eigenvalue weighted by Gasteiger charge is 2.12. The number of unbranched alkanes of at least 4 members (excludes halogenated alkanes) is 1. The van der Waals surface area contributed by atoms with Gasteiger partial charge in [-0.15, -0.1) is 5.10 Å². The van der Waals surface area contributed by atoms with E-state index in [-0.39, 0.29) is 11.9 Å². The average Bonchev–Trinajstić information content (AvgIpc) is 3.18. The number of H-pyrrole nitrogens is 1. The van der Waals surface area contributed by atoms with Crippen LogP contribution in [0.15, 0.2) is 12.7 Å². The monoisotopic (exact) mass is 344 g/mol. The van der Waals surface area contributed by atoms with Crippen molar-refractivity contribution >= 4 is 28.8 Å². The number of fused-ring (bicyclic) bond motifs is 1. The maximum atomic E-state index is 12.1. The number of aryl methyl sites for hydroxylation is 1. The molecule has 0 aliphatic carbocycles. The van der Waals surface area contributed by atoms with Crippen LogP contribution in [0.5, 0.6) is 0 Å². The smallest absolute Gasteiger partial charge is 0.239 e. The molecule has 0 aliphatic rings. The SMILES string of the molecule is CN(Cc1nc(N)n[nH]1)C(=O)CCCCn1cnc2c(N)ncnc21. The molecule has 132 valence electrons. The number of aromatic amines is 1. The molecule has 0 bridgehead atoms. The fraction of sp³-hybridized carbons (Fsp3) is 0.429. The molecule has 0 unspecified atom stereocenters. The summed E-state index contributed by atoms with van der Waals surface area (Å²) in [6, 6.07) is 0. The lowest BCUT2D eigenvalue weighted by Crippen LogP contribution is -2.26. The Balaban J connectivity index is 1.46. The Labute approximate surface area is 143 Å². The van der Waals surface area contributed by atoms with Gasteiger partial charge in [-0.25, -0.2) is 15.0 Å². The van der Waals surface area contributed by atoms with Crippen molar-refractivity contribution < 1.29 is 4.79 Å². The van der Waals surface area contributed by atoms with Crippen LogP contribution in [0.25, 0.3) is 11.2 Å². The van der Waals surface area contributed by atoms with Gasteiger partial charge in [-0.2, -0.15) is 4.98 Å². The highest BCUT2D eigenvalue weighted by molar-refractivity contribution is 5.81. The van der Waals surface area contributed by atoms with Crippen LogP contribution in [0.4, 0.5) is 11.8 Å². The highest BCUT2D eigenvalue weighted by atomic mass is 16.2. The van der Waals surface area contributed by atoms with Crippen molar-refractivity contribution in [2.45, 2.75) is 32.4 Å². The van der Waals surface area contributed by atoms with E-state index in [2.05, 4.69) is 30.1 Å². The number of anilines is 2. The minimum Gasteiger partial charge on any atom is -0.382 e. The summed E-state index contributed by atoms with van der Waals surface area (Å²) in [5, 5.41) is 6.43. The van der Waals surface area contributed by atoms with Crippen LogP contribution in [0.2, 0.25) is 0 Å².